The first-order chi connectivity index (χ1) is 17.1. The van der Waals surface area contributed by atoms with Crippen LogP contribution in [0.3, 0.4) is 0 Å². The number of ether oxygens (including phenoxy) is 1. The van der Waals surface area contributed by atoms with Crippen molar-refractivity contribution in [2.75, 3.05) is 51.3 Å². The lowest BCUT2D eigenvalue weighted by Gasteiger charge is -2.39. The minimum atomic E-state index is 0.0236. The highest BCUT2D eigenvalue weighted by Gasteiger charge is 2.31. The quantitative estimate of drug-likeness (QED) is 0.539. The van der Waals surface area contributed by atoms with Crippen molar-refractivity contribution in [3.8, 4) is 17.1 Å². The highest BCUT2D eigenvalue weighted by Crippen LogP contribution is 2.24. The molecule has 3 aromatic rings. The fraction of sp³-hybridized carbons (Fsp3) is 0.444. The Morgan fingerprint density at radius 1 is 1.09 bits per heavy atom. The van der Waals surface area contributed by atoms with E-state index in [-0.39, 0.29) is 11.8 Å². The number of aryl methyl sites for hydroxylation is 1. The number of carbonyl (C=O) groups excluding carboxylic acids is 1. The molecule has 3 heterocycles. The van der Waals surface area contributed by atoms with E-state index in [0.29, 0.717) is 18.3 Å². The lowest BCUT2D eigenvalue weighted by atomic mass is 9.96. The Morgan fingerprint density at radius 3 is 2.63 bits per heavy atom. The third-order valence-electron chi connectivity index (χ3n) is 6.99. The van der Waals surface area contributed by atoms with E-state index in [2.05, 4.69) is 38.1 Å². The third-order valence-corrected chi connectivity index (χ3v) is 6.99. The van der Waals surface area contributed by atoms with Crippen LogP contribution < -0.4 is 9.64 Å². The number of anilines is 1. The molecule has 2 fully saturated rings. The largest absolute Gasteiger partial charge is 0.497 e. The van der Waals surface area contributed by atoms with Crippen LogP contribution in [-0.2, 0) is 11.3 Å². The predicted molar refractivity (Wildman–Crippen MR) is 134 cm³/mol. The van der Waals surface area contributed by atoms with E-state index < -0.39 is 0 Å². The normalized spacial score (nSPS) is 19.1. The van der Waals surface area contributed by atoms with Crippen molar-refractivity contribution < 1.29 is 14.1 Å². The van der Waals surface area contributed by atoms with Crippen LogP contribution in [0.25, 0.3) is 11.4 Å². The molecule has 2 aromatic carbocycles. The van der Waals surface area contributed by atoms with Crippen LogP contribution in [0.4, 0.5) is 5.69 Å². The first-order valence-corrected chi connectivity index (χ1v) is 12.4. The Morgan fingerprint density at radius 2 is 1.89 bits per heavy atom. The van der Waals surface area contributed by atoms with E-state index >= 15 is 0 Å². The van der Waals surface area contributed by atoms with Gasteiger partial charge in [-0.1, -0.05) is 28.9 Å². The standard InChI is InChI=1S/C27H33N5O3/c1-20-5-3-6-21(17-20)26-28-25(35-29-26)19-30-12-4-7-22(18-30)27(33)32-15-13-31(14-16-32)23-8-10-24(34-2)11-9-23/h3,5-6,8-11,17,22H,4,7,12-16,18-19H2,1-2H3. The van der Waals surface area contributed by atoms with Gasteiger partial charge in [0.2, 0.25) is 17.6 Å². The Kier molecular flexibility index (Phi) is 6.99. The number of aromatic nitrogens is 2. The summed E-state index contributed by atoms with van der Waals surface area (Å²) in [6, 6.07) is 16.2. The molecule has 8 heteroatoms. The van der Waals surface area contributed by atoms with E-state index in [1.165, 1.54) is 5.69 Å². The van der Waals surface area contributed by atoms with E-state index in [0.717, 1.165) is 69.0 Å². The molecule has 2 aliphatic rings. The average Bonchev–Trinajstić information content (AvgIpc) is 3.37. The monoisotopic (exact) mass is 475 g/mol. The predicted octanol–water partition coefficient (Wildman–Crippen LogP) is 3.61. The maximum atomic E-state index is 13.3. The number of hydrogen-bond donors (Lipinski definition) is 0. The molecule has 2 aliphatic heterocycles. The maximum absolute atomic E-state index is 13.3. The molecule has 1 atom stereocenters. The summed E-state index contributed by atoms with van der Waals surface area (Å²) in [7, 11) is 1.68. The van der Waals surface area contributed by atoms with Gasteiger partial charge in [-0.3, -0.25) is 9.69 Å². The van der Waals surface area contributed by atoms with Crippen molar-refractivity contribution in [2.24, 2.45) is 5.92 Å². The first-order valence-electron chi connectivity index (χ1n) is 12.4. The van der Waals surface area contributed by atoms with Crippen molar-refractivity contribution in [1.82, 2.24) is 19.9 Å². The molecule has 1 amide bonds. The fourth-order valence-corrected chi connectivity index (χ4v) is 5.05. The number of piperazine rings is 1. The van der Waals surface area contributed by atoms with Gasteiger partial charge in [0, 0.05) is 44.0 Å². The van der Waals surface area contributed by atoms with Gasteiger partial charge >= 0.3 is 0 Å². The molecule has 0 spiro atoms. The van der Waals surface area contributed by atoms with Gasteiger partial charge in [-0.05, 0) is 56.6 Å². The van der Waals surface area contributed by atoms with Crippen LogP contribution >= 0.6 is 0 Å². The van der Waals surface area contributed by atoms with Gasteiger partial charge in [-0.25, -0.2) is 0 Å². The third kappa shape index (κ3) is 5.48. The van der Waals surface area contributed by atoms with E-state index in [1.54, 1.807) is 7.11 Å². The number of methoxy groups -OCH3 is 1. The van der Waals surface area contributed by atoms with Crippen LogP contribution in [-0.4, -0.2) is 72.2 Å². The van der Waals surface area contributed by atoms with E-state index in [9.17, 15) is 4.79 Å². The Bertz CT molecular complexity index is 1140. The molecular weight excluding hydrogens is 442 g/mol. The van der Waals surface area contributed by atoms with Gasteiger partial charge in [0.25, 0.3) is 0 Å². The lowest BCUT2D eigenvalue weighted by Crippen LogP contribution is -2.52. The van der Waals surface area contributed by atoms with Crippen molar-refractivity contribution in [3.05, 3.63) is 60.0 Å². The van der Waals surface area contributed by atoms with Gasteiger partial charge in [0.1, 0.15) is 5.75 Å². The maximum Gasteiger partial charge on any atom is 0.241 e. The Balaban J connectivity index is 1.14. The fourth-order valence-electron chi connectivity index (χ4n) is 5.05. The van der Waals surface area contributed by atoms with E-state index in [1.807, 2.05) is 42.2 Å². The molecule has 1 aromatic heterocycles. The first kappa shape index (κ1) is 23.4. The van der Waals surface area contributed by atoms with Crippen molar-refractivity contribution in [3.63, 3.8) is 0 Å². The molecule has 0 aliphatic carbocycles. The number of piperidine rings is 1. The zero-order valence-corrected chi connectivity index (χ0v) is 20.5. The average molecular weight is 476 g/mol. The summed E-state index contributed by atoms with van der Waals surface area (Å²) in [6.07, 6.45) is 1.94. The number of likely N-dealkylation sites (tertiary alicyclic amines) is 1. The number of nitrogens with zero attached hydrogens (tertiary/aromatic N) is 5. The molecule has 0 bridgehead atoms. The second kappa shape index (κ2) is 10.5. The lowest BCUT2D eigenvalue weighted by molar-refractivity contribution is -0.137. The molecule has 0 saturated carbocycles. The van der Waals surface area contributed by atoms with Gasteiger partial charge in [0.05, 0.1) is 19.6 Å². The molecule has 5 rings (SSSR count). The van der Waals surface area contributed by atoms with Crippen molar-refractivity contribution in [1.29, 1.82) is 0 Å². The van der Waals surface area contributed by atoms with Crippen LogP contribution in [0.1, 0.15) is 24.3 Å². The summed E-state index contributed by atoms with van der Waals surface area (Å²) in [5, 5.41) is 4.16. The topological polar surface area (TPSA) is 74.9 Å². The Labute approximate surface area is 206 Å². The highest BCUT2D eigenvalue weighted by atomic mass is 16.5. The molecule has 0 radical (unpaired) electrons. The second-order valence-electron chi connectivity index (χ2n) is 9.47. The van der Waals surface area contributed by atoms with Crippen LogP contribution in [0.15, 0.2) is 53.1 Å². The zero-order chi connectivity index (χ0) is 24.2. The summed E-state index contributed by atoms with van der Waals surface area (Å²) in [4.78, 5) is 24.5. The molecule has 35 heavy (non-hydrogen) atoms. The van der Waals surface area contributed by atoms with Crippen molar-refractivity contribution in [2.45, 2.75) is 26.3 Å². The highest BCUT2D eigenvalue weighted by molar-refractivity contribution is 5.79. The summed E-state index contributed by atoms with van der Waals surface area (Å²) < 4.78 is 10.8. The minimum absolute atomic E-state index is 0.0236. The summed E-state index contributed by atoms with van der Waals surface area (Å²) >= 11 is 0. The SMILES string of the molecule is COc1ccc(N2CCN(C(=O)C3CCCN(Cc4nc(-c5cccc(C)c5)no4)C3)CC2)cc1. The summed E-state index contributed by atoms with van der Waals surface area (Å²) in [5.74, 6) is 2.37. The molecule has 2 saturated heterocycles. The van der Waals surface area contributed by atoms with E-state index in [4.69, 9.17) is 9.26 Å². The van der Waals surface area contributed by atoms with Gasteiger partial charge in [-0.15, -0.1) is 0 Å². The molecule has 8 nitrogen and oxygen atoms in total. The van der Waals surface area contributed by atoms with Gasteiger partial charge < -0.3 is 19.1 Å². The number of benzene rings is 2. The van der Waals surface area contributed by atoms with Gasteiger partial charge in [0.15, 0.2) is 0 Å². The van der Waals surface area contributed by atoms with Crippen LogP contribution in [0.5, 0.6) is 5.75 Å². The number of amides is 1. The van der Waals surface area contributed by atoms with Crippen LogP contribution in [0.2, 0.25) is 0 Å². The number of rotatable bonds is 6. The minimum Gasteiger partial charge on any atom is -0.497 e. The van der Waals surface area contributed by atoms with Gasteiger partial charge in [-0.2, -0.15) is 4.98 Å². The summed E-state index contributed by atoms with van der Waals surface area (Å²) in [6.45, 7) is 7.51. The number of carbonyl (C=O) groups is 1. The Hall–Kier alpha value is -3.39. The smallest absolute Gasteiger partial charge is 0.241 e. The molecule has 184 valence electrons. The summed E-state index contributed by atoms with van der Waals surface area (Å²) in [5.41, 5.74) is 3.29. The molecule has 1 unspecified atom stereocenters. The van der Waals surface area contributed by atoms with Crippen LogP contribution in [0, 0.1) is 12.8 Å². The number of hydrogen-bond acceptors (Lipinski definition) is 7. The zero-order valence-electron chi connectivity index (χ0n) is 20.5. The molecular formula is C27H33N5O3. The molecule has 0 N–H and O–H groups in total. The second-order valence-corrected chi connectivity index (χ2v) is 9.47. The van der Waals surface area contributed by atoms with Crippen molar-refractivity contribution >= 4 is 11.6 Å².